The van der Waals surface area contributed by atoms with Crippen LogP contribution in [0.25, 0.3) is 16.6 Å². The number of ether oxygens (including phenoxy) is 1. The van der Waals surface area contributed by atoms with Gasteiger partial charge in [-0.2, -0.15) is 5.10 Å². The molecule has 1 heterocycles. The summed E-state index contributed by atoms with van der Waals surface area (Å²) in [5, 5.41) is 23.6. The molecule has 0 aliphatic rings. The summed E-state index contributed by atoms with van der Waals surface area (Å²) in [7, 11) is 1.56. The van der Waals surface area contributed by atoms with E-state index in [9.17, 15) is 19.8 Å². The van der Waals surface area contributed by atoms with E-state index in [0.29, 0.717) is 33.1 Å². The summed E-state index contributed by atoms with van der Waals surface area (Å²) in [5.74, 6) is -0.334. The molecule has 1 aromatic heterocycles. The van der Waals surface area contributed by atoms with Crippen LogP contribution in [-0.2, 0) is 4.79 Å². The Balaban J connectivity index is 1.55. The lowest BCUT2D eigenvalue weighted by Gasteiger charge is -2.13. The highest BCUT2D eigenvalue weighted by molar-refractivity contribution is 7.99. The van der Waals surface area contributed by atoms with E-state index in [1.807, 2.05) is 0 Å². The Labute approximate surface area is 198 Å². The fourth-order valence-corrected chi connectivity index (χ4v) is 3.94. The van der Waals surface area contributed by atoms with Gasteiger partial charge in [-0.15, -0.1) is 0 Å². The Hall–Kier alpha value is -4.31. The number of hydrogen-bond donors (Lipinski definition) is 3. The first-order valence-corrected chi connectivity index (χ1v) is 11.1. The second kappa shape index (κ2) is 10.1. The molecule has 0 radical (unpaired) electrons. The molecule has 9 nitrogen and oxygen atoms in total. The second-order valence-corrected chi connectivity index (χ2v) is 8.02. The standard InChI is InChI=1S/C24H20N4O5S/c1-33-17-9-7-16(8-10-17)28-23(32)18-4-2-3-5-19(18)26-24(28)34-14-22(31)27-25-13-15-6-11-20(29)21(30)12-15/h2-13,29-30H,14H2,1H3,(H,27,31). The molecular weight excluding hydrogens is 456 g/mol. The zero-order chi connectivity index (χ0) is 24.1. The number of nitrogens with zero attached hydrogens (tertiary/aromatic N) is 3. The number of hydrogen-bond acceptors (Lipinski definition) is 8. The number of phenolic OH excluding ortho intramolecular Hbond substituents is 2. The molecule has 10 heteroatoms. The molecule has 0 atom stereocenters. The summed E-state index contributed by atoms with van der Waals surface area (Å²) >= 11 is 1.10. The molecule has 0 saturated carbocycles. The number of aromatic hydroxyl groups is 2. The number of benzene rings is 3. The molecule has 0 bridgehead atoms. The number of para-hydroxylation sites is 1. The molecule has 172 valence electrons. The minimum absolute atomic E-state index is 0.0426. The molecule has 4 aromatic rings. The Morgan fingerprint density at radius 3 is 2.62 bits per heavy atom. The third-order valence-corrected chi connectivity index (χ3v) is 5.75. The molecule has 3 aromatic carbocycles. The van der Waals surface area contributed by atoms with Gasteiger partial charge < -0.3 is 14.9 Å². The van der Waals surface area contributed by atoms with Crippen molar-refractivity contribution in [2.45, 2.75) is 5.16 Å². The number of methoxy groups -OCH3 is 1. The quantitative estimate of drug-likeness (QED) is 0.123. The maximum atomic E-state index is 13.2. The molecule has 1 amide bonds. The van der Waals surface area contributed by atoms with Crippen molar-refractivity contribution in [2.24, 2.45) is 5.10 Å². The Morgan fingerprint density at radius 1 is 1.12 bits per heavy atom. The number of fused-ring (bicyclic) bond motifs is 1. The molecule has 0 unspecified atom stereocenters. The van der Waals surface area contributed by atoms with Crippen molar-refractivity contribution in [3.8, 4) is 22.9 Å². The zero-order valence-electron chi connectivity index (χ0n) is 18.0. The molecule has 3 N–H and O–H groups in total. The maximum absolute atomic E-state index is 13.2. The molecule has 0 fully saturated rings. The van der Waals surface area contributed by atoms with Crippen LogP contribution in [0.15, 0.2) is 81.8 Å². The highest BCUT2D eigenvalue weighted by Gasteiger charge is 2.15. The van der Waals surface area contributed by atoms with Crippen LogP contribution < -0.4 is 15.7 Å². The lowest BCUT2D eigenvalue weighted by molar-refractivity contribution is -0.118. The highest BCUT2D eigenvalue weighted by atomic mass is 32.2. The van der Waals surface area contributed by atoms with E-state index >= 15 is 0 Å². The number of thioether (sulfide) groups is 1. The fourth-order valence-electron chi connectivity index (χ4n) is 3.13. The number of hydrazone groups is 1. The maximum Gasteiger partial charge on any atom is 0.266 e. The van der Waals surface area contributed by atoms with Gasteiger partial charge in [-0.1, -0.05) is 23.9 Å². The van der Waals surface area contributed by atoms with E-state index in [1.54, 1.807) is 55.6 Å². The minimum atomic E-state index is -0.409. The van der Waals surface area contributed by atoms with Gasteiger partial charge in [0.1, 0.15) is 5.75 Å². The number of carbonyl (C=O) groups excluding carboxylic acids is 1. The van der Waals surface area contributed by atoms with Crippen LogP contribution in [0.4, 0.5) is 0 Å². The fraction of sp³-hybridized carbons (Fsp3) is 0.0833. The van der Waals surface area contributed by atoms with Gasteiger partial charge in [0.15, 0.2) is 16.7 Å². The number of nitrogens with one attached hydrogen (secondary N) is 1. The first-order valence-electron chi connectivity index (χ1n) is 10.1. The van der Waals surface area contributed by atoms with Gasteiger partial charge in [-0.05, 0) is 60.2 Å². The number of amides is 1. The summed E-state index contributed by atoms with van der Waals surface area (Å²) < 4.78 is 6.66. The molecule has 0 aliphatic carbocycles. The lowest BCUT2D eigenvalue weighted by Crippen LogP contribution is -2.24. The van der Waals surface area contributed by atoms with Crippen molar-refractivity contribution in [1.82, 2.24) is 15.0 Å². The van der Waals surface area contributed by atoms with Gasteiger partial charge in [0, 0.05) is 0 Å². The van der Waals surface area contributed by atoms with Gasteiger partial charge in [-0.25, -0.2) is 10.4 Å². The van der Waals surface area contributed by atoms with Crippen molar-refractivity contribution in [3.63, 3.8) is 0 Å². The van der Waals surface area contributed by atoms with Gasteiger partial charge in [0.25, 0.3) is 11.5 Å². The molecule has 0 saturated heterocycles. The van der Waals surface area contributed by atoms with E-state index in [0.717, 1.165) is 11.8 Å². The van der Waals surface area contributed by atoms with Gasteiger partial charge in [0.2, 0.25) is 0 Å². The number of carbonyl (C=O) groups is 1. The van der Waals surface area contributed by atoms with E-state index in [2.05, 4.69) is 15.5 Å². The van der Waals surface area contributed by atoms with Crippen LogP contribution in [0.3, 0.4) is 0 Å². The van der Waals surface area contributed by atoms with Gasteiger partial charge >= 0.3 is 0 Å². The average molecular weight is 477 g/mol. The van der Waals surface area contributed by atoms with Crippen molar-refractivity contribution < 1.29 is 19.7 Å². The van der Waals surface area contributed by atoms with Crippen LogP contribution in [0.1, 0.15) is 5.56 Å². The monoisotopic (exact) mass is 476 g/mol. The zero-order valence-corrected chi connectivity index (χ0v) is 18.8. The Morgan fingerprint density at radius 2 is 1.88 bits per heavy atom. The average Bonchev–Trinajstić information content (AvgIpc) is 2.85. The topological polar surface area (TPSA) is 126 Å². The molecule has 34 heavy (non-hydrogen) atoms. The molecule has 4 rings (SSSR count). The van der Waals surface area contributed by atoms with Crippen LogP contribution in [-0.4, -0.2) is 44.7 Å². The summed E-state index contributed by atoms with van der Waals surface area (Å²) in [4.78, 5) is 30.2. The molecular formula is C24H20N4O5S. The number of rotatable bonds is 7. The van der Waals surface area contributed by atoms with E-state index in [-0.39, 0.29) is 22.8 Å². The predicted molar refractivity (Wildman–Crippen MR) is 130 cm³/mol. The van der Waals surface area contributed by atoms with Gasteiger partial charge in [0.05, 0.1) is 35.7 Å². The van der Waals surface area contributed by atoms with Crippen molar-refractivity contribution in [1.29, 1.82) is 0 Å². The second-order valence-electron chi connectivity index (χ2n) is 7.08. The van der Waals surface area contributed by atoms with Crippen LogP contribution >= 0.6 is 11.8 Å². The normalized spacial score (nSPS) is 11.1. The van der Waals surface area contributed by atoms with Crippen LogP contribution in [0, 0.1) is 0 Å². The van der Waals surface area contributed by atoms with Gasteiger partial charge in [-0.3, -0.25) is 14.2 Å². The van der Waals surface area contributed by atoms with Crippen molar-refractivity contribution >= 4 is 34.8 Å². The van der Waals surface area contributed by atoms with E-state index in [1.165, 1.54) is 29.0 Å². The third-order valence-electron chi connectivity index (χ3n) is 4.81. The largest absolute Gasteiger partial charge is 0.504 e. The van der Waals surface area contributed by atoms with Crippen LogP contribution in [0.2, 0.25) is 0 Å². The number of phenols is 2. The third kappa shape index (κ3) is 5.02. The van der Waals surface area contributed by atoms with Crippen molar-refractivity contribution in [3.05, 3.63) is 82.6 Å². The first-order chi connectivity index (χ1) is 16.5. The summed E-state index contributed by atoms with van der Waals surface area (Å²) in [6.07, 6.45) is 1.34. The minimum Gasteiger partial charge on any atom is -0.504 e. The molecule has 0 spiro atoms. The Bertz CT molecular complexity index is 1430. The number of aromatic nitrogens is 2. The highest BCUT2D eigenvalue weighted by Crippen LogP contribution is 2.24. The van der Waals surface area contributed by atoms with E-state index < -0.39 is 5.91 Å². The lowest BCUT2D eigenvalue weighted by atomic mass is 10.2. The Kier molecular flexibility index (Phi) is 6.79. The smallest absolute Gasteiger partial charge is 0.266 e. The first kappa shape index (κ1) is 22.9. The van der Waals surface area contributed by atoms with Crippen LogP contribution in [0.5, 0.6) is 17.2 Å². The van der Waals surface area contributed by atoms with Crippen molar-refractivity contribution in [2.75, 3.05) is 12.9 Å². The SMILES string of the molecule is COc1ccc(-n2c(SCC(=O)NN=Cc3ccc(O)c(O)c3)nc3ccccc3c2=O)cc1. The predicted octanol–water partition coefficient (Wildman–Crippen LogP) is 3.05. The summed E-state index contributed by atoms with van der Waals surface area (Å²) in [6, 6.07) is 18.2. The molecule has 0 aliphatic heterocycles. The summed E-state index contributed by atoms with van der Waals surface area (Å²) in [5.41, 5.74) is 3.77. The summed E-state index contributed by atoms with van der Waals surface area (Å²) in [6.45, 7) is 0. The van der Waals surface area contributed by atoms with E-state index in [4.69, 9.17) is 4.74 Å².